The SMILES string of the molecule is C=CC1C(OC2OC(CO)C(O)C(O)(O)C2OCC)OC=C(C(=O)OC)C1C=CC1=C(NC(N)=NC)C(C(=O)O)=CN(CCO)C1. The van der Waals surface area contributed by atoms with Crippen LogP contribution in [0.2, 0.25) is 0 Å². The topological polar surface area (TPSA) is 255 Å². The van der Waals surface area contributed by atoms with Crippen LogP contribution in [0.3, 0.4) is 0 Å². The minimum absolute atomic E-state index is 0.0275. The van der Waals surface area contributed by atoms with Crippen LogP contribution in [-0.4, -0.2) is 137 Å². The molecule has 17 nitrogen and oxygen atoms in total. The average Bonchev–Trinajstić information content (AvgIpc) is 3.03. The van der Waals surface area contributed by atoms with E-state index in [0.717, 1.165) is 6.26 Å². The van der Waals surface area contributed by atoms with Crippen molar-refractivity contribution in [2.75, 3.05) is 47.1 Å². The Morgan fingerprint density at radius 3 is 2.59 bits per heavy atom. The van der Waals surface area contributed by atoms with Gasteiger partial charge in [-0.1, -0.05) is 18.2 Å². The molecule has 9 N–H and O–H groups in total. The molecule has 7 unspecified atom stereocenters. The second-order valence-electron chi connectivity index (χ2n) is 10.4. The number of methoxy groups -OCH3 is 1. The Bertz CT molecular complexity index is 1280. The molecule has 3 aliphatic heterocycles. The predicted molar refractivity (Wildman–Crippen MR) is 159 cm³/mol. The van der Waals surface area contributed by atoms with Crippen LogP contribution in [0.5, 0.6) is 0 Å². The first kappa shape index (κ1) is 36.7. The second kappa shape index (κ2) is 16.1. The van der Waals surface area contributed by atoms with Crippen LogP contribution in [0.25, 0.3) is 0 Å². The molecule has 0 radical (unpaired) electrons. The molecule has 3 heterocycles. The first-order chi connectivity index (χ1) is 21.9. The fourth-order valence-electron chi connectivity index (χ4n) is 5.21. The normalized spacial score (nSPS) is 30.0. The lowest BCUT2D eigenvalue weighted by atomic mass is 9.83. The van der Waals surface area contributed by atoms with Gasteiger partial charge in [0, 0.05) is 38.9 Å². The van der Waals surface area contributed by atoms with Gasteiger partial charge in [0.1, 0.15) is 12.2 Å². The Labute approximate surface area is 265 Å². The Morgan fingerprint density at radius 1 is 1.30 bits per heavy atom. The van der Waals surface area contributed by atoms with Gasteiger partial charge in [0.2, 0.25) is 12.1 Å². The zero-order valence-electron chi connectivity index (χ0n) is 25.7. The second-order valence-corrected chi connectivity index (χ2v) is 10.4. The number of nitrogens with one attached hydrogen (secondary N) is 1. The number of guanidine groups is 1. The summed E-state index contributed by atoms with van der Waals surface area (Å²) in [6.07, 6.45) is -0.873. The number of β-amino-alcohol motifs (C(OH)–C–C–N with tert-alkyl or cyclic N) is 1. The molecule has 17 heteroatoms. The minimum atomic E-state index is -2.88. The molecule has 1 fully saturated rings. The first-order valence-electron chi connectivity index (χ1n) is 14.3. The van der Waals surface area contributed by atoms with E-state index in [2.05, 4.69) is 16.9 Å². The number of allylic oxidation sites excluding steroid dienone is 1. The molecule has 7 atom stereocenters. The number of ether oxygens (including phenoxy) is 5. The highest BCUT2D eigenvalue weighted by molar-refractivity contribution is 5.95. The third kappa shape index (κ3) is 7.94. The fraction of sp³-hybridized carbons (Fsp3) is 0.552. The number of rotatable bonds is 13. The van der Waals surface area contributed by atoms with Crippen molar-refractivity contribution < 1.29 is 63.9 Å². The molecule has 3 rings (SSSR count). The van der Waals surface area contributed by atoms with Crippen molar-refractivity contribution in [3.63, 3.8) is 0 Å². The van der Waals surface area contributed by atoms with Crippen LogP contribution < -0.4 is 11.1 Å². The molecule has 256 valence electrons. The van der Waals surface area contributed by atoms with Gasteiger partial charge in [-0.25, -0.2) is 9.59 Å². The largest absolute Gasteiger partial charge is 0.478 e. The van der Waals surface area contributed by atoms with E-state index in [1.807, 2.05) is 0 Å². The molecule has 0 saturated carbocycles. The molecule has 0 amide bonds. The van der Waals surface area contributed by atoms with E-state index in [-0.39, 0.29) is 49.1 Å². The summed E-state index contributed by atoms with van der Waals surface area (Å²) in [5, 5.41) is 63.6. The molecule has 0 aromatic heterocycles. The van der Waals surface area contributed by atoms with Gasteiger partial charge >= 0.3 is 11.9 Å². The number of aliphatic hydroxyl groups excluding tert-OH is 3. The summed E-state index contributed by atoms with van der Waals surface area (Å²) in [6, 6.07) is 0. The average molecular weight is 655 g/mol. The number of aliphatic imine (C=N–C) groups is 1. The van der Waals surface area contributed by atoms with Crippen molar-refractivity contribution in [2.24, 2.45) is 22.6 Å². The lowest BCUT2D eigenvalue weighted by molar-refractivity contribution is -0.410. The zero-order valence-corrected chi connectivity index (χ0v) is 25.7. The lowest BCUT2D eigenvalue weighted by Gasteiger charge is -2.47. The maximum absolute atomic E-state index is 12.8. The van der Waals surface area contributed by atoms with E-state index >= 15 is 0 Å². The molecular formula is C29H42N4O13. The molecule has 3 aliphatic rings. The van der Waals surface area contributed by atoms with Gasteiger partial charge in [0.05, 0.1) is 49.3 Å². The maximum atomic E-state index is 12.8. The van der Waals surface area contributed by atoms with Crippen molar-refractivity contribution in [2.45, 2.75) is 43.6 Å². The molecule has 46 heavy (non-hydrogen) atoms. The van der Waals surface area contributed by atoms with Crippen molar-refractivity contribution in [3.05, 3.63) is 59.7 Å². The number of hydrogen-bond donors (Lipinski definition) is 8. The summed E-state index contributed by atoms with van der Waals surface area (Å²) < 4.78 is 27.7. The molecule has 1 saturated heterocycles. The maximum Gasteiger partial charge on any atom is 0.339 e. The van der Waals surface area contributed by atoms with Crippen molar-refractivity contribution in [1.82, 2.24) is 10.2 Å². The Balaban J connectivity index is 2.06. The zero-order chi connectivity index (χ0) is 34.2. The summed E-state index contributed by atoms with van der Waals surface area (Å²) in [5.41, 5.74) is 6.30. The van der Waals surface area contributed by atoms with E-state index in [4.69, 9.17) is 29.4 Å². The number of esters is 1. The van der Waals surface area contributed by atoms with Crippen LogP contribution >= 0.6 is 0 Å². The van der Waals surface area contributed by atoms with Crippen LogP contribution in [0.15, 0.2) is 64.7 Å². The van der Waals surface area contributed by atoms with Gasteiger partial charge < -0.3 is 70.3 Å². The number of carbonyl (C=O) groups is 2. The van der Waals surface area contributed by atoms with Gasteiger partial charge in [-0.15, -0.1) is 6.58 Å². The summed E-state index contributed by atoms with van der Waals surface area (Å²) in [4.78, 5) is 30.4. The molecule has 0 aromatic rings. The highest BCUT2D eigenvalue weighted by Gasteiger charge is 2.57. The Kier molecular flexibility index (Phi) is 12.9. The number of aliphatic carboxylic acids is 1. The van der Waals surface area contributed by atoms with Crippen molar-refractivity contribution in [1.29, 1.82) is 0 Å². The summed E-state index contributed by atoms with van der Waals surface area (Å²) in [7, 11) is 2.59. The van der Waals surface area contributed by atoms with Gasteiger partial charge in [-0.05, 0) is 12.5 Å². The van der Waals surface area contributed by atoms with E-state index in [1.54, 1.807) is 24.0 Å². The van der Waals surface area contributed by atoms with Crippen LogP contribution in [0.4, 0.5) is 0 Å². The number of nitrogens with two attached hydrogens (primary N) is 1. The number of hydrogen-bond acceptors (Lipinski definition) is 14. The Morgan fingerprint density at radius 2 is 2.02 bits per heavy atom. The monoisotopic (exact) mass is 654 g/mol. The van der Waals surface area contributed by atoms with Gasteiger partial charge in [-0.2, -0.15) is 0 Å². The van der Waals surface area contributed by atoms with Crippen molar-refractivity contribution in [3.8, 4) is 0 Å². The molecule has 0 bridgehead atoms. The van der Waals surface area contributed by atoms with Gasteiger partial charge in [-0.3, -0.25) is 4.99 Å². The third-order valence-electron chi connectivity index (χ3n) is 7.56. The van der Waals surface area contributed by atoms with E-state index in [0.29, 0.717) is 5.57 Å². The van der Waals surface area contributed by atoms with Gasteiger partial charge in [0.25, 0.3) is 0 Å². The summed E-state index contributed by atoms with van der Waals surface area (Å²) in [6.45, 7) is 4.62. The number of nitrogens with zero attached hydrogens (tertiary/aromatic N) is 2. The van der Waals surface area contributed by atoms with E-state index in [1.165, 1.54) is 26.4 Å². The number of carboxylic acids is 1. The van der Waals surface area contributed by atoms with Crippen LogP contribution in [0, 0.1) is 11.8 Å². The van der Waals surface area contributed by atoms with Crippen molar-refractivity contribution >= 4 is 17.9 Å². The smallest absolute Gasteiger partial charge is 0.339 e. The standard InChI is InChI=1S/C29H42N4O13/c1-5-16-17(8-7-15-11-33(9-10-34)12-18(24(37)38)21(15)32-28(30)31-3)19(25(39)42-4)14-44-26(16)46-27-23(43-6-2)29(40,41)22(36)20(13-35)45-27/h5,7-8,12,14,16-17,20,22-23,26-27,34-36,40-41H,1,6,9-11,13H2,2-4H3,(H,37,38)(H3,30,31,32). The highest BCUT2D eigenvalue weighted by atomic mass is 16.8. The molecular weight excluding hydrogens is 612 g/mol. The molecule has 0 aliphatic carbocycles. The summed E-state index contributed by atoms with van der Waals surface area (Å²) in [5.74, 6) is -6.72. The van der Waals surface area contributed by atoms with E-state index in [9.17, 15) is 40.2 Å². The molecule has 0 spiro atoms. The van der Waals surface area contributed by atoms with E-state index < -0.39 is 67.1 Å². The van der Waals surface area contributed by atoms with Crippen LogP contribution in [0.1, 0.15) is 6.92 Å². The number of carbonyl (C=O) groups excluding carboxylic acids is 1. The molecule has 0 aromatic carbocycles. The fourth-order valence-corrected chi connectivity index (χ4v) is 5.21. The summed E-state index contributed by atoms with van der Waals surface area (Å²) >= 11 is 0. The number of aliphatic hydroxyl groups is 5. The van der Waals surface area contributed by atoms with Gasteiger partial charge in [0.15, 0.2) is 18.4 Å². The first-order valence-corrected chi connectivity index (χ1v) is 14.3. The van der Waals surface area contributed by atoms with Crippen LogP contribution in [-0.2, 0) is 33.3 Å². The third-order valence-corrected chi connectivity index (χ3v) is 7.56. The quantitative estimate of drug-likeness (QED) is 0.0339. The number of carboxylic acid groups (broad SMARTS) is 1. The lowest BCUT2D eigenvalue weighted by Crippen LogP contribution is -2.68. The predicted octanol–water partition coefficient (Wildman–Crippen LogP) is -2.38. The Hall–Kier alpha value is -3.81. The minimum Gasteiger partial charge on any atom is -0.478 e. The highest BCUT2D eigenvalue weighted by Crippen LogP contribution is 2.38.